The fourth-order valence-electron chi connectivity index (χ4n) is 1.95. The molecule has 18 heavy (non-hydrogen) atoms. The lowest BCUT2D eigenvalue weighted by atomic mass is 10.2. The van der Waals surface area contributed by atoms with Gasteiger partial charge in [-0.2, -0.15) is 0 Å². The third-order valence-electron chi connectivity index (χ3n) is 3.14. The molecule has 2 rings (SSSR count). The fraction of sp³-hybridized carbons (Fsp3) is 0.538. The molecule has 2 aromatic heterocycles. The number of nitrogens with one attached hydrogen (secondary N) is 2. The molecular formula is C13H21N5. The Morgan fingerprint density at radius 2 is 2.28 bits per heavy atom. The Labute approximate surface area is 108 Å². The molecule has 0 aliphatic rings. The molecule has 2 N–H and O–H groups in total. The van der Waals surface area contributed by atoms with Gasteiger partial charge in [0.1, 0.15) is 11.6 Å². The van der Waals surface area contributed by atoms with Crippen LogP contribution in [0.1, 0.15) is 25.0 Å². The third-order valence-corrected chi connectivity index (χ3v) is 3.14. The van der Waals surface area contributed by atoms with Gasteiger partial charge >= 0.3 is 0 Å². The van der Waals surface area contributed by atoms with Crippen molar-refractivity contribution in [2.24, 2.45) is 0 Å². The summed E-state index contributed by atoms with van der Waals surface area (Å²) in [6.07, 6.45) is 9.59. The topological polar surface area (TPSA) is 58.5 Å². The van der Waals surface area contributed by atoms with E-state index in [0.717, 1.165) is 37.6 Å². The largest absolute Gasteiger partial charge is 0.349 e. The van der Waals surface area contributed by atoms with Crippen molar-refractivity contribution in [1.29, 1.82) is 0 Å². The molecule has 98 valence electrons. The lowest BCUT2D eigenvalue weighted by Gasteiger charge is -2.14. The van der Waals surface area contributed by atoms with Crippen LogP contribution in [0.3, 0.4) is 0 Å². The van der Waals surface area contributed by atoms with Gasteiger partial charge in [0.05, 0.1) is 0 Å². The van der Waals surface area contributed by atoms with Crippen LogP contribution in [0.2, 0.25) is 0 Å². The quantitative estimate of drug-likeness (QED) is 0.780. The highest BCUT2D eigenvalue weighted by Crippen LogP contribution is 2.00. The summed E-state index contributed by atoms with van der Waals surface area (Å²) in [6, 6.07) is 0.502. The number of hydrogen-bond acceptors (Lipinski definition) is 3. The van der Waals surface area contributed by atoms with Crippen molar-refractivity contribution in [3.8, 4) is 0 Å². The lowest BCUT2D eigenvalue weighted by Crippen LogP contribution is -2.29. The summed E-state index contributed by atoms with van der Waals surface area (Å²) in [6.45, 7) is 6.22. The maximum atomic E-state index is 4.22. The minimum atomic E-state index is 0.502. The van der Waals surface area contributed by atoms with E-state index in [1.165, 1.54) is 0 Å². The number of imidazole rings is 2. The van der Waals surface area contributed by atoms with E-state index in [1.54, 1.807) is 6.20 Å². The smallest absolute Gasteiger partial charge is 0.107 e. The van der Waals surface area contributed by atoms with Crippen LogP contribution in [0.15, 0.2) is 24.8 Å². The van der Waals surface area contributed by atoms with Crippen molar-refractivity contribution in [3.05, 3.63) is 36.4 Å². The minimum absolute atomic E-state index is 0.502. The Morgan fingerprint density at radius 1 is 1.39 bits per heavy atom. The van der Waals surface area contributed by atoms with Crippen LogP contribution in [0.4, 0.5) is 0 Å². The van der Waals surface area contributed by atoms with Gasteiger partial charge in [0.2, 0.25) is 0 Å². The predicted octanol–water partition coefficient (Wildman–Crippen LogP) is 1.53. The van der Waals surface area contributed by atoms with Crippen LogP contribution < -0.4 is 5.32 Å². The first-order chi connectivity index (χ1) is 8.75. The maximum Gasteiger partial charge on any atom is 0.107 e. The Bertz CT molecular complexity index is 446. The second-order valence-corrected chi connectivity index (χ2v) is 4.60. The highest BCUT2D eigenvalue weighted by molar-refractivity contribution is 4.89. The number of nitrogens with zero attached hydrogens (tertiary/aromatic N) is 3. The molecule has 0 radical (unpaired) electrons. The van der Waals surface area contributed by atoms with Crippen LogP contribution in [0.5, 0.6) is 0 Å². The van der Waals surface area contributed by atoms with Crippen molar-refractivity contribution < 1.29 is 0 Å². The first-order valence-electron chi connectivity index (χ1n) is 6.45. The average molecular weight is 247 g/mol. The molecule has 0 aliphatic heterocycles. The molecule has 5 nitrogen and oxygen atoms in total. The zero-order chi connectivity index (χ0) is 12.8. The molecule has 0 amide bonds. The maximum absolute atomic E-state index is 4.22. The first-order valence-corrected chi connectivity index (χ1v) is 6.45. The van der Waals surface area contributed by atoms with E-state index in [2.05, 4.69) is 31.8 Å². The predicted molar refractivity (Wildman–Crippen MR) is 71.3 cm³/mol. The van der Waals surface area contributed by atoms with Crippen molar-refractivity contribution in [2.45, 2.75) is 39.3 Å². The molecule has 1 atom stereocenters. The molecule has 0 aromatic carbocycles. The van der Waals surface area contributed by atoms with E-state index >= 15 is 0 Å². The van der Waals surface area contributed by atoms with Gasteiger partial charge < -0.3 is 14.9 Å². The number of H-pyrrole nitrogens is 1. The fourth-order valence-corrected chi connectivity index (χ4v) is 1.95. The minimum Gasteiger partial charge on any atom is -0.349 e. The van der Waals surface area contributed by atoms with Gasteiger partial charge in [-0.05, 0) is 20.3 Å². The molecule has 0 aliphatic carbocycles. The molecule has 1 unspecified atom stereocenters. The molecule has 2 heterocycles. The molecule has 0 saturated heterocycles. The summed E-state index contributed by atoms with van der Waals surface area (Å²) < 4.78 is 2.19. The van der Waals surface area contributed by atoms with E-state index in [0.29, 0.717) is 6.04 Å². The monoisotopic (exact) mass is 247 g/mol. The number of hydrogen-bond donors (Lipinski definition) is 2. The Morgan fingerprint density at radius 3 is 2.94 bits per heavy atom. The van der Waals surface area contributed by atoms with Gasteiger partial charge in [0.25, 0.3) is 0 Å². The molecule has 0 spiro atoms. The van der Waals surface area contributed by atoms with Gasteiger partial charge in [0.15, 0.2) is 0 Å². The Hall–Kier alpha value is -1.62. The van der Waals surface area contributed by atoms with E-state index in [4.69, 9.17) is 0 Å². The SMILES string of the molecule is Cc1nccn1CCC(C)NCCc1ncc[nH]1. The summed E-state index contributed by atoms with van der Waals surface area (Å²) in [4.78, 5) is 11.5. The number of aromatic nitrogens is 4. The van der Waals surface area contributed by atoms with E-state index in [-0.39, 0.29) is 0 Å². The Balaban J connectivity index is 1.63. The van der Waals surface area contributed by atoms with Crippen molar-refractivity contribution >= 4 is 0 Å². The van der Waals surface area contributed by atoms with Crippen LogP contribution in [-0.4, -0.2) is 32.1 Å². The van der Waals surface area contributed by atoms with Gasteiger partial charge in [-0.15, -0.1) is 0 Å². The average Bonchev–Trinajstić information content (AvgIpc) is 2.98. The molecule has 0 fully saturated rings. The Kier molecular flexibility index (Phi) is 4.52. The second-order valence-electron chi connectivity index (χ2n) is 4.60. The van der Waals surface area contributed by atoms with Crippen LogP contribution >= 0.6 is 0 Å². The van der Waals surface area contributed by atoms with E-state index in [1.807, 2.05) is 25.5 Å². The summed E-state index contributed by atoms with van der Waals surface area (Å²) in [7, 11) is 0. The number of aryl methyl sites for hydroxylation is 2. The molecule has 5 heteroatoms. The molecular weight excluding hydrogens is 226 g/mol. The van der Waals surface area contributed by atoms with Crippen LogP contribution in [0, 0.1) is 6.92 Å². The third kappa shape index (κ3) is 3.70. The van der Waals surface area contributed by atoms with Gasteiger partial charge in [-0.3, -0.25) is 0 Å². The lowest BCUT2D eigenvalue weighted by molar-refractivity contribution is 0.473. The highest BCUT2D eigenvalue weighted by Gasteiger charge is 2.03. The summed E-state index contributed by atoms with van der Waals surface area (Å²) in [5.74, 6) is 2.12. The van der Waals surface area contributed by atoms with Crippen molar-refractivity contribution in [1.82, 2.24) is 24.8 Å². The zero-order valence-corrected chi connectivity index (χ0v) is 11.1. The molecule has 0 bridgehead atoms. The summed E-state index contributed by atoms with van der Waals surface area (Å²) >= 11 is 0. The number of aromatic amines is 1. The van der Waals surface area contributed by atoms with Gasteiger partial charge in [-0.25, -0.2) is 9.97 Å². The standard InChI is InChI=1S/C13H21N5/c1-11(4-9-18-10-8-15-12(18)2)14-5-3-13-16-6-7-17-13/h6-8,10-11,14H,3-5,9H2,1-2H3,(H,16,17). The van der Waals surface area contributed by atoms with Gasteiger partial charge in [0, 0.05) is 50.3 Å². The summed E-state index contributed by atoms with van der Waals surface area (Å²) in [5, 5.41) is 3.51. The summed E-state index contributed by atoms with van der Waals surface area (Å²) in [5.41, 5.74) is 0. The molecule has 0 saturated carbocycles. The van der Waals surface area contributed by atoms with E-state index in [9.17, 15) is 0 Å². The normalized spacial score (nSPS) is 12.8. The second kappa shape index (κ2) is 6.35. The van der Waals surface area contributed by atoms with Crippen molar-refractivity contribution in [2.75, 3.05) is 6.54 Å². The highest BCUT2D eigenvalue weighted by atomic mass is 15.1. The van der Waals surface area contributed by atoms with Gasteiger partial charge in [-0.1, -0.05) is 0 Å². The van der Waals surface area contributed by atoms with Crippen LogP contribution in [0.25, 0.3) is 0 Å². The number of rotatable bonds is 7. The zero-order valence-electron chi connectivity index (χ0n) is 11.1. The van der Waals surface area contributed by atoms with Crippen molar-refractivity contribution in [3.63, 3.8) is 0 Å². The molecule has 2 aromatic rings. The first kappa shape index (κ1) is 12.8. The van der Waals surface area contributed by atoms with E-state index < -0.39 is 0 Å². The van der Waals surface area contributed by atoms with Crippen LogP contribution in [-0.2, 0) is 13.0 Å².